The van der Waals surface area contributed by atoms with Crippen molar-refractivity contribution in [3.63, 3.8) is 0 Å². The molecule has 0 bridgehead atoms. The number of aromatic nitrogens is 2. The Bertz CT molecular complexity index is 429. The van der Waals surface area contributed by atoms with Gasteiger partial charge in [-0.15, -0.1) is 0 Å². The number of rotatable bonds is 1. The van der Waals surface area contributed by atoms with Crippen molar-refractivity contribution in [1.29, 1.82) is 0 Å². The molecule has 4 heteroatoms. The quantitative estimate of drug-likeness (QED) is 0.674. The molecule has 2 aromatic rings. The van der Waals surface area contributed by atoms with Gasteiger partial charge in [-0.25, -0.2) is 13.8 Å². The Morgan fingerprint density at radius 3 is 2.46 bits per heavy atom. The Morgan fingerprint density at radius 2 is 1.77 bits per heavy atom. The normalized spacial score (nSPS) is 11.0. The van der Waals surface area contributed by atoms with E-state index in [-0.39, 0.29) is 5.69 Å². The molecular weight excluding hydrogens is 174 g/mol. The first-order chi connectivity index (χ1) is 6.27. The highest BCUT2D eigenvalue weighted by atomic mass is 19.3. The first-order valence-corrected chi connectivity index (χ1v) is 3.77. The van der Waals surface area contributed by atoms with Crippen molar-refractivity contribution in [3.05, 3.63) is 36.2 Å². The predicted molar refractivity (Wildman–Crippen MR) is 44.5 cm³/mol. The molecule has 0 atom stereocenters. The van der Waals surface area contributed by atoms with Crippen molar-refractivity contribution < 1.29 is 8.78 Å². The molecule has 1 heterocycles. The van der Waals surface area contributed by atoms with E-state index in [1.54, 1.807) is 24.3 Å². The van der Waals surface area contributed by atoms with Crippen LogP contribution < -0.4 is 0 Å². The molecule has 1 aromatic carbocycles. The van der Waals surface area contributed by atoms with Gasteiger partial charge < -0.3 is 0 Å². The summed E-state index contributed by atoms with van der Waals surface area (Å²) in [5.41, 5.74) is 0.853. The first kappa shape index (κ1) is 8.04. The fourth-order valence-electron chi connectivity index (χ4n) is 1.08. The largest absolute Gasteiger partial charge is 0.281 e. The number of para-hydroxylation sites is 2. The average Bonchev–Trinajstić information content (AvgIpc) is 2.17. The lowest BCUT2D eigenvalue weighted by molar-refractivity contribution is 0.146. The maximum absolute atomic E-state index is 12.2. The molecule has 2 rings (SSSR count). The lowest BCUT2D eigenvalue weighted by Crippen LogP contribution is -1.92. The molecular formula is C9H6F2N2. The molecule has 0 unspecified atom stereocenters. The molecule has 0 radical (unpaired) electrons. The Balaban J connectivity index is 2.62. The van der Waals surface area contributed by atoms with Crippen LogP contribution in [0, 0.1) is 0 Å². The van der Waals surface area contributed by atoms with Crippen LogP contribution in [0.15, 0.2) is 30.5 Å². The van der Waals surface area contributed by atoms with Gasteiger partial charge >= 0.3 is 0 Å². The van der Waals surface area contributed by atoms with Gasteiger partial charge in [-0.2, -0.15) is 0 Å². The summed E-state index contributed by atoms with van der Waals surface area (Å²) in [4.78, 5) is 7.62. The van der Waals surface area contributed by atoms with Gasteiger partial charge in [0.05, 0.1) is 17.2 Å². The number of alkyl halides is 2. The summed E-state index contributed by atoms with van der Waals surface area (Å²) in [6.07, 6.45) is -1.45. The zero-order chi connectivity index (χ0) is 9.26. The number of nitrogens with zero attached hydrogens (tertiary/aromatic N) is 2. The summed E-state index contributed by atoms with van der Waals surface area (Å²) in [6, 6.07) is 6.93. The monoisotopic (exact) mass is 180 g/mol. The standard InChI is InChI=1S/C9H6F2N2/c10-9(11)8-5-12-6-3-1-2-4-7(6)13-8/h1-5,9H. The van der Waals surface area contributed by atoms with Gasteiger partial charge in [0.15, 0.2) is 0 Å². The maximum atomic E-state index is 12.2. The van der Waals surface area contributed by atoms with Crippen LogP contribution in [0.3, 0.4) is 0 Å². The molecule has 0 saturated carbocycles. The maximum Gasteiger partial charge on any atom is 0.281 e. The highest BCUT2D eigenvalue weighted by Crippen LogP contribution is 2.17. The lowest BCUT2D eigenvalue weighted by Gasteiger charge is -1.99. The fourth-order valence-corrected chi connectivity index (χ4v) is 1.08. The van der Waals surface area contributed by atoms with Crippen LogP contribution >= 0.6 is 0 Å². The third kappa shape index (κ3) is 1.47. The molecule has 0 amide bonds. The molecule has 0 fully saturated rings. The van der Waals surface area contributed by atoms with E-state index >= 15 is 0 Å². The summed E-state index contributed by atoms with van der Waals surface area (Å²) in [5, 5.41) is 0. The summed E-state index contributed by atoms with van der Waals surface area (Å²) >= 11 is 0. The van der Waals surface area contributed by atoms with Crippen LogP contribution in [0.4, 0.5) is 8.78 Å². The zero-order valence-corrected chi connectivity index (χ0v) is 6.61. The average molecular weight is 180 g/mol. The van der Waals surface area contributed by atoms with Crippen molar-refractivity contribution in [2.24, 2.45) is 0 Å². The lowest BCUT2D eigenvalue weighted by atomic mass is 10.3. The van der Waals surface area contributed by atoms with E-state index in [0.717, 1.165) is 6.20 Å². The van der Waals surface area contributed by atoms with Crippen LogP contribution in [0.5, 0.6) is 0 Å². The predicted octanol–water partition coefficient (Wildman–Crippen LogP) is 2.57. The Morgan fingerprint density at radius 1 is 1.08 bits per heavy atom. The molecule has 1 aromatic heterocycles. The van der Waals surface area contributed by atoms with Crippen molar-refractivity contribution in [2.75, 3.05) is 0 Å². The number of halogens is 2. The van der Waals surface area contributed by atoms with E-state index in [0.29, 0.717) is 11.0 Å². The van der Waals surface area contributed by atoms with E-state index in [1.807, 2.05) is 0 Å². The van der Waals surface area contributed by atoms with Crippen LogP contribution in [0.25, 0.3) is 11.0 Å². The minimum atomic E-state index is -2.56. The van der Waals surface area contributed by atoms with Gasteiger partial charge in [-0.1, -0.05) is 12.1 Å². The topological polar surface area (TPSA) is 25.8 Å². The second-order valence-corrected chi connectivity index (χ2v) is 2.58. The van der Waals surface area contributed by atoms with Crippen molar-refractivity contribution in [1.82, 2.24) is 9.97 Å². The van der Waals surface area contributed by atoms with Gasteiger partial charge in [-0.05, 0) is 12.1 Å². The van der Waals surface area contributed by atoms with Gasteiger partial charge in [0, 0.05) is 0 Å². The molecule has 0 spiro atoms. The molecule has 0 aliphatic carbocycles. The summed E-state index contributed by atoms with van der Waals surface area (Å²) in [6.45, 7) is 0. The van der Waals surface area contributed by atoms with Crippen LogP contribution in [-0.4, -0.2) is 9.97 Å². The third-order valence-electron chi connectivity index (χ3n) is 1.69. The molecule has 13 heavy (non-hydrogen) atoms. The molecule has 0 aliphatic rings. The zero-order valence-electron chi connectivity index (χ0n) is 6.61. The van der Waals surface area contributed by atoms with Crippen molar-refractivity contribution in [3.8, 4) is 0 Å². The van der Waals surface area contributed by atoms with E-state index in [1.165, 1.54) is 0 Å². The first-order valence-electron chi connectivity index (χ1n) is 3.77. The molecule has 0 saturated heterocycles. The van der Waals surface area contributed by atoms with Crippen molar-refractivity contribution >= 4 is 11.0 Å². The summed E-state index contributed by atoms with van der Waals surface area (Å²) in [7, 11) is 0. The fraction of sp³-hybridized carbons (Fsp3) is 0.111. The molecule has 0 N–H and O–H groups in total. The molecule has 0 aliphatic heterocycles. The molecule has 66 valence electrons. The van der Waals surface area contributed by atoms with E-state index in [9.17, 15) is 8.78 Å². The van der Waals surface area contributed by atoms with Crippen molar-refractivity contribution in [2.45, 2.75) is 6.43 Å². The number of benzene rings is 1. The second-order valence-electron chi connectivity index (χ2n) is 2.58. The summed E-state index contributed by atoms with van der Waals surface area (Å²) < 4.78 is 24.4. The number of hydrogen-bond acceptors (Lipinski definition) is 2. The summed E-state index contributed by atoms with van der Waals surface area (Å²) in [5.74, 6) is 0. The minimum Gasteiger partial charge on any atom is -0.252 e. The van der Waals surface area contributed by atoms with E-state index in [2.05, 4.69) is 9.97 Å². The smallest absolute Gasteiger partial charge is 0.252 e. The highest BCUT2D eigenvalue weighted by molar-refractivity contribution is 5.73. The Hall–Kier alpha value is -1.58. The number of fused-ring (bicyclic) bond motifs is 1. The Labute approximate surface area is 73.2 Å². The van der Waals surface area contributed by atoms with Crippen LogP contribution in [0.1, 0.15) is 12.1 Å². The minimum absolute atomic E-state index is 0.279. The highest BCUT2D eigenvalue weighted by Gasteiger charge is 2.09. The van der Waals surface area contributed by atoms with E-state index < -0.39 is 6.43 Å². The number of hydrogen-bond donors (Lipinski definition) is 0. The SMILES string of the molecule is FC(F)c1cnc2ccccc2n1. The van der Waals surface area contributed by atoms with Gasteiger partial charge in [0.1, 0.15) is 5.69 Å². The van der Waals surface area contributed by atoms with Crippen LogP contribution in [-0.2, 0) is 0 Å². The van der Waals surface area contributed by atoms with E-state index in [4.69, 9.17) is 0 Å². The van der Waals surface area contributed by atoms with Gasteiger partial charge in [0.2, 0.25) is 0 Å². The van der Waals surface area contributed by atoms with Crippen LogP contribution in [0.2, 0.25) is 0 Å². The Kier molecular flexibility index (Phi) is 1.88. The third-order valence-corrected chi connectivity index (χ3v) is 1.69. The van der Waals surface area contributed by atoms with Gasteiger partial charge in [0.25, 0.3) is 6.43 Å². The second kappa shape index (κ2) is 3.05. The van der Waals surface area contributed by atoms with Gasteiger partial charge in [-0.3, -0.25) is 4.98 Å². The molecule has 2 nitrogen and oxygen atoms in total.